The Labute approximate surface area is 98.1 Å². The summed E-state index contributed by atoms with van der Waals surface area (Å²) in [6.07, 6.45) is 1.04. The molecule has 1 aliphatic rings. The van der Waals surface area contributed by atoms with E-state index in [1.165, 1.54) is 0 Å². The molecule has 1 unspecified atom stereocenters. The van der Waals surface area contributed by atoms with Gasteiger partial charge in [-0.05, 0) is 6.42 Å². The molecule has 0 spiro atoms. The van der Waals surface area contributed by atoms with Crippen molar-refractivity contribution in [3.8, 4) is 0 Å². The van der Waals surface area contributed by atoms with Gasteiger partial charge in [-0.25, -0.2) is 8.42 Å². The molecule has 0 aromatic rings. The van der Waals surface area contributed by atoms with Crippen LogP contribution in [0.15, 0.2) is 0 Å². The third-order valence-corrected chi connectivity index (χ3v) is 4.50. The summed E-state index contributed by atoms with van der Waals surface area (Å²) in [4.78, 5) is 2.18. The van der Waals surface area contributed by atoms with Crippen LogP contribution in [-0.2, 0) is 14.6 Å². The lowest BCUT2D eigenvalue weighted by atomic mass is 10.4. The van der Waals surface area contributed by atoms with Crippen LogP contribution >= 0.6 is 0 Å². The van der Waals surface area contributed by atoms with Crippen LogP contribution in [0.2, 0.25) is 0 Å². The van der Waals surface area contributed by atoms with Gasteiger partial charge < -0.3 is 9.64 Å². The smallest absolute Gasteiger partial charge is 0.152 e. The summed E-state index contributed by atoms with van der Waals surface area (Å²) in [5.41, 5.74) is 0. The second-order valence-electron chi connectivity index (χ2n) is 4.08. The van der Waals surface area contributed by atoms with Crippen molar-refractivity contribution in [3.63, 3.8) is 0 Å². The Hall–Kier alpha value is -0.170. The van der Waals surface area contributed by atoms with Gasteiger partial charge in [0, 0.05) is 33.3 Å². The van der Waals surface area contributed by atoms with E-state index in [1.807, 2.05) is 0 Å². The molecular weight excluding hydrogens is 228 g/mol. The molecule has 5 nitrogen and oxygen atoms in total. The van der Waals surface area contributed by atoms with E-state index in [0.717, 1.165) is 19.5 Å². The highest BCUT2D eigenvalue weighted by Gasteiger charge is 2.20. The molecule has 1 aliphatic heterocycles. The van der Waals surface area contributed by atoms with E-state index in [4.69, 9.17) is 4.74 Å². The molecule has 1 atom stereocenters. The third kappa shape index (κ3) is 4.78. The first-order valence-corrected chi connectivity index (χ1v) is 7.58. The maximum atomic E-state index is 11.2. The maximum absolute atomic E-state index is 11.2. The summed E-state index contributed by atoms with van der Waals surface area (Å²) in [6, 6.07) is 0. The SMILES string of the molecule is CCC(NCCN1CCS(=O)(=O)CC1)OC. The molecule has 0 saturated carbocycles. The van der Waals surface area contributed by atoms with E-state index in [0.29, 0.717) is 24.6 Å². The molecule has 1 rings (SSSR count). The summed E-state index contributed by atoms with van der Waals surface area (Å²) in [5, 5.41) is 3.27. The number of hydrogen-bond acceptors (Lipinski definition) is 5. The van der Waals surface area contributed by atoms with Crippen molar-refractivity contribution in [2.24, 2.45) is 0 Å². The summed E-state index contributed by atoms with van der Waals surface area (Å²) in [5.74, 6) is 0.600. The highest BCUT2D eigenvalue weighted by molar-refractivity contribution is 7.91. The Morgan fingerprint density at radius 3 is 2.50 bits per heavy atom. The summed E-state index contributed by atoms with van der Waals surface area (Å²) < 4.78 is 27.6. The van der Waals surface area contributed by atoms with Gasteiger partial charge in [-0.3, -0.25) is 5.32 Å². The zero-order valence-electron chi connectivity index (χ0n) is 10.1. The highest BCUT2D eigenvalue weighted by Crippen LogP contribution is 2.02. The van der Waals surface area contributed by atoms with Crippen molar-refractivity contribution in [3.05, 3.63) is 0 Å². The number of nitrogens with zero attached hydrogens (tertiary/aromatic N) is 1. The molecule has 96 valence electrons. The molecule has 1 fully saturated rings. The fourth-order valence-electron chi connectivity index (χ4n) is 1.75. The molecular formula is C10H22N2O3S. The summed E-state index contributed by atoms with van der Waals surface area (Å²) >= 11 is 0. The average Bonchev–Trinajstić information content (AvgIpc) is 2.26. The van der Waals surface area contributed by atoms with Crippen LogP contribution < -0.4 is 5.32 Å². The first-order valence-electron chi connectivity index (χ1n) is 5.76. The van der Waals surface area contributed by atoms with Gasteiger partial charge in [0.2, 0.25) is 0 Å². The van der Waals surface area contributed by atoms with Crippen LogP contribution in [-0.4, -0.2) is 64.3 Å². The number of sulfone groups is 1. The number of nitrogens with one attached hydrogen (secondary N) is 1. The summed E-state index contributed by atoms with van der Waals surface area (Å²) in [6.45, 7) is 5.11. The van der Waals surface area contributed by atoms with Crippen LogP contribution in [0.5, 0.6) is 0 Å². The molecule has 1 saturated heterocycles. The zero-order valence-corrected chi connectivity index (χ0v) is 10.9. The van der Waals surface area contributed by atoms with Gasteiger partial charge >= 0.3 is 0 Å². The minimum absolute atomic E-state index is 0.105. The first kappa shape index (κ1) is 13.9. The number of methoxy groups -OCH3 is 1. The standard InChI is InChI=1S/C10H22N2O3S/c1-3-10(15-2)11-4-5-12-6-8-16(13,14)9-7-12/h10-11H,3-9H2,1-2H3. The molecule has 0 bridgehead atoms. The number of rotatable bonds is 6. The van der Waals surface area contributed by atoms with Crippen molar-refractivity contribution in [2.75, 3.05) is 44.8 Å². The van der Waals surface area contributed by atoms with E-state index in [-0.39, 0.29) is 6.23 Å². The summed E-state index contributed by atoms with van der Waals surface area (Å²) in [7, 11) is -1.06. The van der Waals surface area contributed by atoms with Crippen molar-refractivity contribution in [1.29, 1.82) is 0 Å². The number of ether oxygens (including phenoxy) is 1. The van der Waals surface area contributed by atoms with Crippen molar-refractivity contribution < 1.29 is 13.2 Å². The molecule has 6 heteroatoms. The maximum Gasteiger partial charge on any atom is 0.152 e. The topological polar surface area (TPSA) is 58.6 Å². The van der Waals surface area contributed by atoms with Gasteiger partial charge in [-0.15, -0.1) is 0 Å². The lowest BCUT2D eigenvalue weighted by Gasteiger charge is -2.27. The third-order valence-electron chi connectivity index (χ3n) is 2.89. The van der Waals surface area contributed by atoms with Crippen molar-refractivity contribution in [1.82, 2.24) is 10.2 Å². The molecule has 0 aliphatic carbocycles. The molecule has 0 radical (unpaired) electrons. The van der Waals surface area contributed by atoms with Gasteiger partial charge in [0.25, 0.3) is 0 Å². The minimum atomic E-state index is -2.75. The molecule has 0 aromatic heterocycles. The Balaban J connectivity index is 2.15. The lowest BCUT2D eigenvalue weighted by Crippen LogP contribution is -2.44. The van der Waals surface area contributed by atoms with Gasteiger partial charge in [-0.2, -0.15) is 0 Å². The van der Waals surface area contributed by atoms with Crippen molar-refractivity contribution in [2.45, 2.75) is 19.6 Å². The van der Waals surface area contributed by atoms with E-state index < -0.39 is 9.84 Å². The quantitative estimate of drug-likeness (QED) is 0.655. The van der Waals surface area contributed by atoms with E-state index >= 15 is 0 Å². The zero-order chi connectivity index (χ0) is 12.0. The predicted molar refractivity (Wildman–Crippen MR) is 64.2 cm³/mol. The van der Waals surface area contributed by atoms with E-state index in [9.17, 15) is 8.42 Å². The van der Waals surface area contributed by atoms with E-state index in [2.05, 4.69) is 17.1 Å². The van der Waals surface area contributed by atoms with E-state index in [1.54, 1.807) is 7.11 Å². The molecule has 1 N–H and O–H groups in total. The van der Waals surface area contributed by atoms with Crippen LogP contribution in [0.1, 0.15) is 13.3 Å². The van der Waals surface area contributed by atoms with Gasteiger partial charge in [-0.1, -0.05) is 6.92 Å². The predicted octanol–water partition coefficient (Wildman–Crippen LogP) is -0.311. The first-order chi connectivity index (χ1) is 7.57. The van der Waals surface area contributed by atoms with Crippen LogP contribution in [0.3, 0.4) is 0 Å². The normalized spacial score (nSPS) is 23.1. The Kier molecular flexibility index (Phi) is 5.68. The highest BCUT2D eigenvalue weighted by atomic mass is 32.2. The Bertz CT molecular complexity index is 274. The fraction of sp³-hybridized carbons (Fsp3) is 1.00. The van der Waals surface area contributed by atoms with Gasteiger partial charge in [0.15, 0.2) is 9.84 Å². The lowest BCUT2D eigenvalue weighted by molar-refractivity contribution is 0.0685. The van der Waals surface area contributed by atoms with Crippen molar-refractivity contribution >= 4 is 9.84 Å². The fourth-order valence-corrected chi connectivity index (χ4v) is 3.03. The molecule has 1 heterocycles. The molecule has 0 aromatic carbocycles. The minimum Gasteiger partial charge on any atom is -0.367 e. The van der Waals surface area contributed by atoms with Crippen LogP contribution in [0, 0.1) is 0 Å². The molecule has 0 amide bonds. The van der Waals surface area contributed by atoms with Crippen LogP contribution in [0.4, 0.5) is 0 Å². The Morgan fingerprint density at radius 2 is 2.00 bits per heavy atom. The second kappa shape index (κ2) is 6.54. The van der Waals surface area contributed by atoms with Crippen LogP contribution in [0.25, 0.3) is 0 Å². The van der Waals surface area contributed by atoms with Gasteiger partial charge in [0.05, 0.1) is 11.5 Å². The second-order valence-corrected chi connectivity index (χ2v) is 6.38. The molecule has 16 heavy (non-hydrogen) atoms. The average molecular weight is 250 g/mol. The largest absolute Gasteiger partial charge is 0.367 e. The number of hydrogen-bond donors (Lipinski definition) is 1. The Morgan fingerprint density at radius 1 is 1.38 bits per heavy atom. The monoisotopic (exact) mass is 250 g/mol. The van der Waals surface area contributed by atoms with Gasteiger partial charge in [0.1, 0.15) is 6.23 Å².